The highest BCUT2D eigenvalue weighted by atomic mass is 32.2. The molecule has 182 valence electrons. The second-order valence-corrected chi connectivity index (χ2v) is 9.54. The standard InChI is InChI=1S/C26H21N3O6S/c1-36(33,34)35-26(32)19-7-3-2-6-18(19)21-13-16-5-4-8-23(30)20(16)14-22(21)25(31)29-17-11-9-15(10-12-17)24(27)28/h2-14,30H,1H3,(H3,27,28)(H,29,31). The summed E-state index contributed by atoms with van der Waals surface area (Å²) in [4.78, 5) is 26.1. The molecular formula is C26H21N3O6S. The van der Waals surface area contributed by atoms with Crippen molar-refractivity contribution in [3.63, 3.8) is 0 Å². The lowest BCUT2D eigenvalue weighted by Gasteiger charge is -2.15. The topological polar surface area (TPSA) is 160 Å². The number of benzene rings is 4. The number of carbonyl (C=O) groups excluding carboxylic acids is 2. The molecule has 1 amide bonds. The number of nitrogen functional groups attached to an aromatic ring is 1. The summed E-state index contributed by atoms with van der Waals surface area (Å²) in [6.07, 6.45) is 0.766. The molecule has 0 bridgehead atoms. The third-order valence-electron chi connectivity index (χ3n) is 5.36. The van der Waals surface area contributed by atoms with Gasteiger partial charge in [-0.05, 0) is 65.0 Å². The molecule has 0 aromatic heterocycles. The van der Waals surface area contributed by atoms with Gasteiger partial charge in [0.2, 0.25) is 0 Å². The van der Waals surface area contributed by atoms with Crippen molar-refractivity contribution in [2.45, 2.75) is 0 Å². The molecule has 0 atom stereocenters. The average molecular weight is 504 g/mol. The van der Waals surface area contributed by atoms with E-state index in [-0.39, 0.29) is 28.3 Å². The summed E-state index contributed by atoms with van der Waals surface area (Å²) in [5.41, 5.74) is 7.07. The maximum Gasteiger partial charge on any atom is 0.354 e. The molecule has 0 saturated heterocycles. The number of amidine groups is 1. The lowest BCUT2D eigenvalue weighted by Crippen LogP contribution is -2.16. The van der Waals surface area contributed by atoms with E-state index in [0.29, 0.717) is 27.6 Å². The van der Waals surface area contributed by atoms with Gasteiger partial charge in [-0.15, -0.1) is 0 Å². The molecular weight excluding hydrogens is 482 g/mol. The van der Waals surface area contributed by atoms with E-state index in [0.717, 1.165) is 6.26 Å². The van der Waals surface area contributed by atoms with E-state index in [1.165, 1.54) is 18.2 Å². The van der Waals surface area contributed by atoms with Gasteiger partial charge in [-0.3, -0.25) is 10.2 Å². The van der Waals surface area contributed by atoms with Crippen molar-refractivity contribution in [1.29, 1.82) is 5.41 Å². The monoisotopic (exact) mass is 503 g/mol. The number of rotatable bonds is 6. The van der Waals surface area contributed by atoms with E-state index in [4.69, 9.17) is 11.1 Å². The largest absolute Gasteiger partial charge is 0.507 e. The van der Waals surface area contributed by atoms with Crippen LogP contribution < -0.4 is 11.1 Å². The number of fused-ring (bicyclic) bond motifs is 1. The Morgan fingerprint density at radius 2 is 1.61 bits per heavy atom. The minimum absolute atomic E-state index is 0.0383. The highest BCUT2D eigenvalue weighted by molar-refractivity contribution is 7.86. The Kier molecular flexibility index (Phi) is 6.45. The van der Waals surface area contributed by atoms with E-state index in [9.17, 15) is 23.1 Å². The molecule has 9 nitrogen and oxygen atoms in total. The lowest BCUT2D eigenvalue weighted by atomic mass is 9.92. The van der Waals surface area contributed by atoms with Gasteiger partial charge >= 0.3 is 16.1 Å². The zero-order valence-electron chi connectivity index (χ0n) is 19.0. The van der Waals surface area contributed by atoms with E-state index < -0.39 is 22.0 Å². The quantitative estimate of drug-likeness (QED) is 0.176. The fourth-order valence-electron chi connectivity index (χ4n) is 3.73. The Balaban J connectivity index is 1.86. The van der Waals surface area contributed by atoms with E-state index in [1.54, 1.807) is 60.7 Å². The molecule has 4 aromatic rings. The third-order valence-corrected chi connectivity index (χ3v) is 5.81. The molecule has 4 aromatic carbocycles. The van der Waals surface area contributed by atoms with Gasteiger partial charge in [-0.25, -0.2) is 4.79 Å². The zero-order chi connectivity index (χ0) is 26.0. The van der Waals surface area contributed by atoms with Crippen LogP contribution in [0.1, 0.15) is 26.3 Å². The molecule has 0 spiro atoms. The third kappa shape index (κ3) is 5.18. The summed E-state index contributed by atoms with van der Waals surface area (Å²) in [5, 5.41) is 21.6. The first-order chi connectivity index (χ1) is 17.0. The molecule has 0 unspecified atom stereocenters. The van der Waals surface area contributed by atoms with Gasteiger partial charge in [-0.2, -0.15) is 8.42 Å². The Hall–Kier alpha value is -4.70. The van der Waals surface area contributed by atoms with Crippen molar-refractivity contribution < 1.29 is 27.3 Å². The van der Waals surface area contributed by atoms with Crippen LogP contribution in [0.25, 0.3) is 21.9 Å². The summed E-state index contributed by atoms with van der Waals surface area (Å²) in [6, 6.07) is 20.5. The number of carbonyl (C=O) groups is 2. The fraction of sp³-hybridized carbons (Fsp3) is 0.0385. The fourth-order valence-corrected chi connectivity index (χ4v) is 4.09. The van der Waals surface area contributed by atoms with Crippen molar-refractivity contribution >= 4 is 44.3 Å². The van der Waals surface area contributed by atoms with Crippen LogP contribution in [0.5, 0.6) is 5.75 Å². The van der Waals surface area contributed by atoms with Gasteiger partial charge in [0.15, 0.2) is 0 Å². The number of nitrogens with one attached hydrogen (secondary N) is 2. The first-order valence-electron chi connectivity index (χ1n) is 10.6. The second kappa shape index (κ2) is 9.51. The smallest absolute Gasteiger partial charge is 0.354 e. The summed E-state index contributed by atoms with van der Waals surface area (Å²) in [6.45, 7) is 0. The van der Waals surface area contributed by atoms with E-state index >= 15 is 0 Å². The number of nitrogens with two attached hydrogens (primary N) is 1. The number of aromatic hydroxyl groups is 1. The molecule has 0 aliphatic rings. The molecule has 4 rings (SSSR count). The minimum atomic E-state index is -4.07. The number of phenols is 1. The van der Waals surface area contributed by atoms with Gasteiger partial charge in [0.25, 0.3) is 5.91 Å². The van der Waals surface area contributed by atoms with Crippen LogP contribution >= 0.6 is 0 Å². The normalized spacial score (nSPS) is 11.1. The molecule has 5 N–H and O–H groups in total. The second-order valence-electron chi connectivity index (χ2n) is 7.96. The van der Waals surface area contributed by atoms with Crippen LogP contribution in [0.4, 0.5) is 5.69 Å². The van der Waals surface area contributed by atoms with Gasteiger partial charge in [0.1, 0.15) is 11.6 Å². The number of anilines is 1. The van der Waals surface area contributed by atoms with Crippen molar-refractivity contribution in [3.05, 3.63) is 95.6 Å². The predicted octanol–water partition coefficient (Wildman–Crippen LogP) is 3.87. The maximum atomic E-state index is 13.4. The summed E-state index contributed by atoms with van der Waals surface area (Å²) in [7, 11) is -4.07. The van der Waals surface area contributed by atoms with E-state index in [2.05, 4.69) is 9.50 Å². The first-order valence-corrected chi connectivity index (χ1v) is 12.4. The molecule has 10 heteroatoms. The van der Waals surface area contributed by atoms with Gasteiger partial charge in [-0.1, -0.05) is 30.3 Å². The van der Waals surface area contributed by atoms with E-state index in [1.807, 2.05) is 0 Å². The van der Waals surface area contributed by atoms with Crippen molar-refractivity contribution in [2.75, 3.05) is 11.6 Å². The maximum absolute atomic E-state index is 13.4. The summed E-state index contributed by atoms with van der Waals surface area (Å²) >= 11 is 0. The van der Waals surface area contributed by atoms with Crippen LogP contribution in [0.3, 0.4) is 0 Å². The number of phenolic OH excluding ortho intramolecular Hbond substituents is 1. The highest BCUT2D eigenvalue weighted by Crippen LogP contribution is 2.35. The Labute approximate surface area is 206 Å². The molecule has 0 aliphatic carbocycles. The molecule has 36 heavy (non-hydrogen) atoms. The predicted molar refractivity (Wildman–Crippen MR) is 137 cm³/mol. The van der Waals surface area contributed by atoms with Crippen LogP contribution in [0.15, 0.2) is 78.9 Å². The van der Waals surface area contributed by atoms with Crippen molar-refractivity contribution in [2.24, 2.45) is 5.73 Å². The zero-order valence-corrected chi connectivity index (χ0v) is 19.8. The molecule has 0 radical (unpaired) electrons. The van der Waals surface area contributed by atoms with Crippen LogP contribution in [0, 0.1) is 5.41 Å². The SMILES string of the molecule is CS(=O)(=O)OC(=O)c1ccccc1-c1cc2cccc(O)c2cc1C(=O)Nc1ccc(C(=N)N)cc1. The number of hydrogen-bond donors (Lipinski definition) is 4. The first kappa shape index (κ1) is 24.4. The van der Waals surface area contributed by atoms with Gasteiger partial charge in [0, 0.05) is 22.2 Å². The van der Waals surface area contributed by atoms with Crippen molar-refractivity contribution in [1.82, 2.24) is 0 Å². The van der Waals surface area contributed by atoms with Crippen LogP contribution in [-0.2, 0) is 14.3 Å². The summed E-state index contributed by atoms with van der Waals surface area (Å²) in [5.74, 6) is -1.78. The van der Waals surface area contributed by atoms with Gasteiger partial charge < -0.3 is 20.3 Å². The molecule has 0 fully saturated rings. The summed E-state index contributed by atoms with van der Waals surface area (Å²) < 4.78 is 27.7. The number of hydrogen-bond acceptors (Lipinski definition) is 7. The van der Waals surface area contributed by atoms with Crippen LogP contribution in [-0.4, -0.2) is 37.5 Å². The van der Waals surface area contributed by atoms with Gasteiger partial charge in [0.05, 0.1) is 11.8 Å². The molecule has 0 aliphatic heterocycles. The lowest BCUT2D eigenvalue weighted by molar-refractivity contribution is 0.0748. The minimum Gasteiger partial charge on any atom is -0.507 e. The van der Waals surface area contributed by atoms with Crippen LogP contribution in [0.2, 0.25) is 0 Å². The highest BCUT2D eigenvalue weighted by Gasteiger charge is 2.23. The Bertz CT molecular complexity index is 1630. The number of amides is 1. The molecule has 0 heterocycles. The average Bonchev–Trinajstić information content (AvgIpc) is 2.83. The molecule has 0 saturated carbocycles. The Morgan fingerprint density at radius 3 is 2.28 bits per heavy atom. The van der Waals surface area contributed by atoms with Crippen molar-refractivity contribution in [3.8, 4) is 16.9 Å². The Morgan fingerprint density at radius 1 is 0.917 bits per heavy atom.